The zero-order valence-corrected chi connectivity index (χ0v) is 18.9. The summed E-state index contributed by atoms with van der Waals surface area (Å²) in [4.78, 5) is 17.1. The number of phosphoric ester groups is 1. The van der Waals surface area contributed by atoms with Crippen LogP contribution in [0.5, 0.6) is 0 Å². The van der Waals surface area contributed by atoms with Crippen molar-refractivity contribution in [3.63, 3.8) is 0 Å². The minimum Gasteiger partial charge on any atom is -0.388 e. The number of ether oxygens (including phenoxy) is 1. The lowest BCUT2D eigenvalue weighted by Crippen LogP contribution is -2.21. The maximum Gasteiger partial charge on any atom is 0.469 e. The zero-order valence-electron chi connectivity index (χ0n) is 18.0. The van der Waals surface area contributed by atoms with Crippen LogP contribution in [-0.2, 0) is 13.8 Å². The molecule has 7 heteroatoms. The molecule has 0 heterocycles. The summed E-state index contributed by atoms with van der Waals surface area (Å²) in [7, 11) is -4.51. The van der Waals surface area contributed by atoms with Gasteiger partial charge in [-0.1, -0.05) is 103 Å². The zero-order chi connectivity index (χ0) is 20.9. The topological polar surface area (TPSA) is 96.2 Å². The van der Waals surface area contributed by atoms with E-state index in [9.17, 15) is 9.67 Å². The molecule has 0 radical (unpaired) electrons. The van der Waals surface area contributed by atoms with Crippen molar-refractivity contribution in [2.24, 2.45) is 0 Å². The number of hydrogen-bond donors (Lipinski definition) is 3. The number of rotatable bonds is 22. The highest BCUT2D eigenvalue weighted by Crippen LogP contribution is 2.35. The molecule has 0 aliphatic rings. The second-order valence-electron chi connectivity index (χ2n) is 7.82. The van der Waals surface area contributed by atoms with Crippen LogP contribution in [0, 0.1) is 0 Å². The van der Waals surface area contributed by atoms with E-state index in [1.165, 1.54) is 89.9 Å². The van der Waals surface area contributed by atoms with Crippen molar-refractivity contribution in [2.45, 2.75) is 116 Å². The first-order valence-electron chi connectivity index (χ1n) is 11.4. The summed E-state index contributed by atoms with van der Waals surface area (Å²) >= 11 is 0. The normalized spacial score (nSPS) is 13.1. The number of hydrogen-bond acceptors (Lipinski definition) is 4. The third-order valence-electron chi connectivity index (χ3n) is 4.89. The highest BCUT2D eigenvalue weighted by molar-refractivity contribution is 7.46. The molecule has 0 spiro atoms. The van der Waals surface area contributed by atoms with Gasteiger partial charge in [0.15, 0.2) is 0 Å². The molecule has 0 bridgehead atoms. The molecule has 3 N–H and O–H groups in total. The Morgan fingerprint density at radius 2 is 1.07 bits per heavy atom. The van der Waals surface area contributed by atoms with Crippen LogP contribution < -0.4 is 0 Å². The van der Waals surface area contributed by atoms with Gasteiger partial charge in [-0.2, -0.15) is 0 Å². The van der Waals surface area contributed by atoms with Gasteiger partial charge in [-0.15, -0.1) is 0 Å². The van der Waals surface area contributed by atoms with Crippen LogP contribution in [0.3, 0.4) is 0 Å². The van der Waals surface area contributed by atoms with Crippen molar-refractivity contribution in [3.8, 4) is 0 Å². The average molecular weight is 425 g/mol. The van der Waals surface area contributed by atoms with E-state index in [-0.39, 0.29) is 6.61 Å². The third-order valence-corrected chi connectivity index (χ3v) is 5.37. The van der Waals surface area contributed by atoms with Crippen LogP contribution in [0.1, 0.15) is 110 Å². The number of aliphatic hydroxyl groups excluding tert-OH is 1. The minimum absolute atomic E-state index is 0.0404. The summed E-state index contributed by atoms with van der Waals surface area (Å²) in [6, 6.07) is 0. The molecule has 0 unspecified atom stereocenters. The van der Waals surface area contributed by atoms with Gasteiger partial charge in [-0.3, -0.25) is 4.52 Å². The number of phosphoric acid groups is 1. The lowest BCUT2D eigenvalue weighted by Gasteiger charge is -2.12. The maximum absolute atomic E-state index is 10.5. The van der Waals surface area contributed by atoms with Crippen LogP contribution in [0.15, 0.2) is 0 Å². The molecule has 0 saturated heterocycles. The van der Waals surface area contributed by atoms with Crippen molar-refractivity contribution >= 4 is 7.82 Å². The van der Waals surface area contributed by atoms with E-state index < -0.39 is 20.5 Å². The Hall–Kier alpha value is 0.0300. The summed E-state index contributed by atoms with van der Waals surface area (Å²) in [5.41, 5.74) is 0. The van der Waals surface area contributed by atoms with Gasteiger partial charge < -0.3 is 19.6 Å². The molecule has 0 aromatic carbocycles. The average Bonchev–Trinajstić information content (AvgIpc) is 2.65. The molecule has 0 rings (SSSR count). The third kappa shape index (κ3) is 24.1. The molecular formula is C21H45O6P. The Morgan fingerprint density at radius 1 is 0.679 bits per heavy atom. The van der Waals surface area contributed by atoms with E-state index in [1.807, 2.05) is 0 Å². The predicted octanol–water partition coefficient (Wildman–Crippen LogP) is 5.73. The summed E-state index contributed by atoms with van der Waals surface area (Å²) < 4.78 is 20.0. The van der Waals surface area contributed by atoms with Gasteiger partial charge in [0.25, 0.3) is 0 Å². The summed E-state index contributed by atoms with van der Waals surface area (Å²) in [6.45, 7) is 2.45. The molecule has 170 valence electrons. The molecule has 28 heavy (non-hydrogen) atoms. The Morgan fingerprint density at radius 3 is 1.46 bits per heavy atom. The van der Waals surface area contributed by atoms with Crippen LogP contribution in [-0.4, -0.2) is 40.8 Å². The van der Waals surface area contributed by atoms with Gasteiger partial charge in [-0.25, -0.2) is 4.57 Å². The van der Waals surface area contributed by atoms with E-state index in [0.717, 1.165) is 12.8 Å². The van der Waals surface area contributed by atoms with Crippen molar-refractivity contribution in [1.29, 1.82) is 0 Å². The van der Waals surface area contributed by atoms with Gasteiger partial charge in [0.05, 0.1) is 13.2 Å². The fourth-order valence-electron chi connectivity index (χ4n) is 3.20. The fraction of sp³-hybridized carbons (Fsp3) is 1.00. The van der Waals surface area contributed by atoms with Gasteiger partial charge >= 0.3 is 7.82 Å². The Kier molecular flexibility index (Phi) is 20.3. The van der Waals surface area contributed by atoms with Crippen LogP contribution in [0.2, 0.25) is 0 Å². The van der Waals surface area contributed by atoms with Crippen LogP contribution in [0.4, 0.5) is 0 Å². The van der Waals surface area contributed by atoms with Crippen LogP contribution in [0.25, 0.3) is 0 Å². The predicted molar refractivity (Wildman–Crippen MR) is 114 cm³/mol. The molecule has 0 amide bonds. The largest absolute Gasteiger partial charge is 0.469 e. The molecular weight excluding hydrogens is 379 g/mol. The fourth-order valence-corrected chi connectivity index (χ4v) is 3.57. The van der Waals surface area contributed by atoms with Crippen LogP contribution >= 0.6 is 7.82 Å². The van der Waals surface area contributed by atoms with E-state index >= 15 is 0 Å². The highest BCUT2D eigenvalue weighted by Gasteiger charge is 2.16. The number of aliphatic hydroxyl groups is 1. The molecule has 0 aromatic heterocycles. The lowest BCUT2D eigenvalue weighted by atomic mass is 10.0. The molecule has 0 aromatic rings. The van der Waals surface area contributed by atoms with E-state index in [4.69, 9.17) is 14.5 Å². The molecule has 6 nitrogen and oxygen atoms in total. The van der Waals surface area contributed by atoms with Gasteiger partial charge in [0, 0.05) is 6.61 Å². The summed E-state index contributed by atoms with van der Waals surface area (Å²) in [5.74, 6) is 0. The van der Waals surface area contributed by atoms with E-state index in [1.54, 1.807) is 0 Å². The van der Waals surface area contributed by atoms with Crippen molar-refractivity contribution in [1.82, 2.24) is 0 Å². The van der Waals surface area contributed by atoms with Gasteiger partial charge in [0.1, 0.15) is 6.10 Å². The standard InChI is InChI=1S/C21H45O6P/c1-2-3-4-5-6-7-8-9-10-11-12-13-14-15-16-17-18-26-19-21(22)20-27-28(23,24)25/h21-22H,2-20H2,1H3,(H2,23,24,25)/t21-/m0/s1. The molecule has 0 fully saturated rings. The second-order valence-corrected chi connectivity index (χ2v) is 9.06. The molecule has 0 aliphatic heterocycles. The quantitative estimate of drug-likeness (QED) is 0.152. The first-order chi connectivity index (χ1) is 13.5. The SMILES string of the molecule is CCCCCCCCCCCCCCCCCCOC[C@H](O)COP(=O)(O)O. The molecule has 0 aliphatic carbocycles. The Balaban J connectivity index is 3.13. The second kappa shape index (κ2) is 20.3. The minimum atomic E-state index is -4.51. The number of unbranched alkanes of at least 4 members (excludes halogenated alkanes) is 15. The van der Waals surface area contributed by atoms with Gasteiger partial charge in [-0.05, 0) is 6.42 Å². The monoisotopic (exact) mass is 424 g/mol. The van der Waals surface area contributed by atoms with Crippen molar-refractivity contribution in [3.05, 3.63) is 0 Å². The van der Waals surface area contributed by atoms with Gasteiger partial charge in [0.2, 0.25) is 0 Å². The van der Waals surface area contributed by atoms with Crippen molar-refractivity contribution < 1.29 is 28.7 Å². The van der Waals surface area contributed by atoms with E-state index in [0.29, 0.717) is 6.61 Å². The summed E-state index contributed by atoms with van der Waals surface area (Å²) in [5, 5.41) is 9.45. The smallest absolute Gasteiger partial charge is 0.388 e. The summed E-state index contributed by atoms with van der Waals surface area (Å²) in [6.07, 6.45) is 20.2. The lowest BCUT2D eigenvalue weighted by molar-refractivity contribution is 0.00476. The highest BCUT2D eigenvalue weighted by atomic mass is 31.2. The first kappa shape index (κ1) is 28.0. The van der Waals surface area contributed by atoms with E-state index in [2.05, 4.69) is 11.4 Å². The Bertz CT molecular complexity index is 361. The maximum atomic E-state index is 10.5. The first-order valence-corrected chi connectivity index (χ1v) is 12.9. The molecule has 0 saturated carbocycles. The Labute approximate surface area is 172 Å². The van der Waals surface area contributed by atoms with Crippen molar-refractivity contribution in [2.75, 3.05) is 19.8 Å². The molecule has 1 atom stereocenters.